The Morgan fingerprint density at radius 1 is 1.13 bits per heavy atom. The Bertz CT molecular complexity index is 909. The van der Waals surface area contributed by atoms with Crippen LogP contribution in [0.25, 0.3) is 0 Å². The molecule has 5 heteroatoms. The molecule has 2 aromatic carbocycles. The maximum Gasteiger partial charge on any atom is 0.237 e. The highest BCUT2D eigenvalue weighted by Crippen LogP contribution is 2.54. The second-order valence-electron chi connectivity index (χ2n) is 9.28. The van der Waals surface area contributed by atoms with Crippen molar-refractivity contribution in [1.29, 1.82) is 0 Å². The molecule has 2 N–H and O–H groups in total. The smallest absolute Gasteiger partial charge is 0.237 e. The van der Waals surface area contributed by atoms with Gasteiger partial charge in [0.15, 0.2) is 0 Å². The number of carbonyl (C=O) groups is 1. The standard InChI is InChI=1S/C26H33BrN2O2/c1-17(19-7-5-4-6-8-19)29-25(30)18(2)28-24-23-15-21(27)10-9-20(23)16-26(24)13-11-22(31-3)12-14-26/h4-10,15,17-18,22,24,28H,11-14,16H2,1-3H3,(H,29,30)/t17-,18-,22?,24-,26?/m1/s1. The van der Waals surface area contributed by atoms with E-state index in [-0.39, 0.29) is 29.4 Å². The molecule has 0 heterocycles. The number of nitrogens with one attached hydrogen (secondary N) is 2. The van der Waals surface area contributed by atoms with E-state index in [4.69, 9.17) is 4.74 Å². The molecule has 0 aromatic heterocycles. The number of amides is 1. The van der Waals surface area contributed by atoms with Gasteiger partial charge in [0.2, 0.25) is 5.91 Å². The lowest BCUT2D eigenvalue weighted by atomic mass is 9.68. The van der Waals surface area contributed by atoms with Gasteiger partial charge in [-0.2, -0.15) is 0 Å². The first-order chi connectivity index (χ1) is 14.9. The van der Waals surface area contributed by atoms with E-state index in [0.29, 0.717) is 6.10 Å². The van der Waals surface area contributed by atoms with E-state index in [1.165, 1.54) is 11.1 Å². The van der Waals surface area contributed by atoms with Crippen LogP contribution in [0.15, 0.2) is 53.0 Å². The molecule has 4 rings (SSSR count). The molecular weight excluding hydrogens is 452 g/mol. The molecule has 2 aromatic rings. The van der Waals surface area contributed by atoms with Gasteiger partial charge in [0.1, 0.15) is 0 Å². The Morgan fingerprint density at radius 3 is 2.52 bits per heavy atom. The van der Waals surface area contributed by atoms with Crippen molar-refractivity contribution in [3.8, 4) is 0 Å². The molecule has 31 heavy (non-hydrogen) atoms. The summed E-state index contributed by atoms with van der Waals surface area (Å²) in [7, 11) is 1.82. The Balaban J connectivity index is 1.51. The van der Waals surface area contributed by atoms with Gasteiger partial charge in [0, 0.05) is 17.6 Å². The van der Waals surface area contributed by atoms with E-state index in [1.54, 1.807) is 0 Å². The average molecular weight is 485 g/mol. The molecule has 0 bridgehead atoms. The fourth-order valence-corrected chi connectivity index (χ4v) is 5.81. The predicted molar refractivity (Wildman–Crippen MR) is 128 cm³/mol. The Morgan fingerprint density at radius 2 is 1.84 bits per heavy atom. The lowest BCUT2D eigenvalue weighted by Gasteiger charge is -2.42. The highest BCUT2D eigenvalue weighted by molar-refractivity contribution is 9.10. The fraction of sp³-hybridized carbons (Fsp3) is 0.500. The summed E-state index contributed by atoms with van der Waals surface area (Å²) in [6.45, 7) is 4.02. The largest absolute Gasteiger partial charge is 0.381 e. The third-order valence-electron chi connectivity index (χ3n) is 7.30. The number of hydrogen-bond donors (Lipinski definition) is 2. The summed E-state index contributed by atoms with van der Waals surface area (Å²) in [5, 5.41) is 6.92. The first kappa shape index (κ1) is 22.5. The van der Waals surface area contributed by atoms with Crippen LogP contribution in [-0.4, -0.2) is 25.2 Å². The summed E-state index contributed by atoms with van der Waals surface area (Å²) >= 11 is 3.65. The molecule has 0 radical (unpaired) electrons. The number of ether oxygens (including phenoxy) is 1. The molecule has 1 amide bonds. The number of methoxy groups -OCH3 is 1. The van der Waals surface area contributed by atoms with Crippen molar-refractivity contribution >= 4 is 21.8 Å². The van der Waals surface area contributed by atoms with Gasteiger partial charge < -0.3 is 10.1 Å². The van der Waals surface area contributed by atoms with Crippen molar-refractivity contribution in [2.24, 2.45) is 5.41 Å². The van der Waals surface area contributed by atoms with Crippen molar-refractivity contribution in [3.63, 3.8) is 0 Å². The monoisotopic (exact) mass is 484 g/mol. The molecule has 4 nitrogen and oxygen atoms in total. The zero-order chi connectivity index (χ0) is 22.0. The molecule has 0 saturated heterocycles. The molecular formula is C26H33BrN2O2. The minimum Gasteiger partial charge on any atom is -0.381 e. The molecule has 3 atom stereocenters. The molecule has 2 aliphatic rings. The summed E-state index contributed by atoms with van der Waals surface area (Å²) in [5.41, 5.74) is 4.01. The van der Waals surface area contributed by atoms with Gasteiger partial charge >= 0.3 is 0 Å². The Kier molecular flexibility index (Phi) is 6.85. The number of carbonyl (C=O) groups excluding carboxylic acids is 1. The van der Waals surface area contributed by atoms with Crippen molar-refractivity contribution in [2.75, 3.05) is 7.11 Å². The molecule has 0 unspecified atom stereocenters. The van der Waals surface area contributed by atoms with E-state index in [0.717, 1.165) is 42.1 Å². The van der Waals surface area contributed by atoms with E-state index in [9.17, 15) is 4.79 Å². The molecule has 0 aliphatic heterocycles. The van der Waals surface area contributed by atoms with E-state index in [1.807, 2.05) is 39.2 Å². The SMILES string of the molecule is COC1CCC2(CC1)Cc1ccc(Br)cc1[C@H]2N[C@H](C)C(=O)N[C@H](C)c1ccccc1. The van der Waals surface area contributed by atoms with Gasteiger partial charge in [-0.25, -0.2) is 0 Å². The van der Waals surface area contributed by atoms with Gasteiger partial charge in [0.25, 0.3) is 0 Å². The third-order valence-corrected chi connectivity index (χ3v) is 7.80. The fourth-order valence-electron chi connectivity index (χ4n) is 5.43. The van der Waals surface area contributed by atoms with Gasteiger partial charge in [-0.05, 0) is 80.2 Å². The summed E-state index contributed by atoms with van der Waals surface area (Å²) in [6, 6.07) is 16.6. The molecule has 2 aliphatic carbocycles. The highest BCUT2D eigenvalue weighted by Gasteiger charge is 2.48. The quantitative estimate of drug-likeness (QED) is 0.570. The Labute approximate surface area is 194 Å². The van der Waals surface area contributed by atoms with Crippen molar-refractivity contribution < 1.29 is 9.53 Å². The van der Waals surface area contributed by atoms with Crippen LogP contribution in [-0.2, 0) is 16.0 Å². The van der Waals surface area contributed by atoms with Crippen LogP contribution in [0.4, 0.5) is 0 Å². The zero-order valence-electron chi connectivity index (χ0n) is 18.7. The van der Waals surface area contributed by atoms with Crippen molar-refractivity contribution in [2.45, 2.75) is 70.2 Å². The maximum atomic E-state index is 13.1. The summed E-state index contributed by atoms with van der Waals surface area (Å²) in [6.07, 6.45) is 5.81. The highest BCUT2D eigenvalue weighted by atomic mass is 79.9. The minimum atomic E-state index is -0.280. The lowest BCUT2D eigenvalue weighted by molar-refractivity contribution is -0.124. The van der Waals surface area contributed by atoms with E-state index >= 15 is 0 Å². The predicted octanol–water partition coefficient (Wildman–Crippen LogP) is 5.48. The second kappa shape index (κ2) is 9.43. The van der Waals surface area contributed by atoms with Crippen molar-refractivity contribution in [1.82, 2.24) is 10.6 Å². The van der Waals surface area contributed by atoms with Crippen molar-refractivity contribution in [3.05, 3.63) is 69.7 Å². The number of fused-ring (bicyclic) bond motifs is 1. The molecule has 166 valence electrons. The summed E-state index contributed by atoms with van der Waals surface area (Å²) < 4.78 is 6.73. The third kappa shape index (κ3) is 4.74. The number of hydrogen-bond acceptors (Lipinski definition) is 3. The first-order valence-corrected chi connectivity index (χ1v) is 12.1. The first-order valence-electron chi connectivity index (χ1n) is 11.3. The molecule has 1 saturated carbocycles. The summed E-state index contributed by atoms with van der Waals surface area (Å²) in [4.78, 5) is 13.1. The van der Waals surface area contributed by atoms with Crippen LogP contribution in [0, 0.1) is 5.41 Å². The maximum absolute atomic E-state index is 13.1. The van der Waals surface area contributed by atoms with Gasteiger partial charge in [0.05, 0.1) is 18.2 Å². The van der Waals surface area contributed by atoms with Crippen LogP contribution in [0.2, 0.25) is 0 Å². The normalized spacial score (nSPS) is 27.0. The van der Waals surface area contributed by atoms with Gasteiger partial charge in [-0.1, -0.05) is 52.3 Å². The number of halogens is 1. The van der Waals surface area contributed by atoms with E-state index < -0.39 is 0 Å². The van der Waals surface area contributed by atoms with Crippen LogP contribution < -0.4 is 10.6 Å². The minimum absolute atomic E-state index is 0.0194. The number of benzene rings is 2. The number of rotatable bonds is 6. The van der Waals surface area contributed by atoms with E-state index in [2.05, 4.69) is 56.9 Å². The molecule has 1 spiro atoms. The van der Waals surface area contributed by atoms with Gasteiger partial charge in [-0.3, -0.25) is 10.1 Å². The van der Waals surface area contributed by atoms with Crippen LogP contribution in [0.3, 0.4) is 0 Å². The van der Waals surface area contributed by atoms with Crippen LogP contribution >= 0.6 is 15.9 Å². The second-order valence-corrected chi connectivity index (χ2v) is 10.2. The summed E-state index contributed by atoms with van der Waals surface area (Å²) in [5.74, 6) is 0.0422. The van der Waals surface area contributed by atoms with Gasteiger partial charge in [-0.15, -0.1) is 0 Å². The average Bonchev–Trinajstić information content (AvgIpc) is 3.07. The molecule has 1 fully saturated rings. The van der Waals surface area contributed by atoms with Crippen LogP contribution in [0.5, 0.6) is 0 Å². The topological polar surface area (TPSA) is 50.4 Å². The van der Waals surface area contributed by atoms with Crippen LogP contribution in [0.1, 0.15) is 68.3 Å². The zero-order valence-corrected chi connectivity index (χ0v) is 20.2. The lowest BCUT2D eigenvalue weighted by Crippen LogP contribution is -2.48. The Hall–Kier alpha value is -1.69.